The number of fused-ring (bicyclic) bond motifs is 4. The van der Waals surface area contributed by atoms with Crippen molar-refractivity contribution in [2.75, 3.05) is 41.4 Å². The molecule has 1 aromatic carbocycles. The van der Waals surface area contributed by atoms with Gasteiger partial charge in [0.2, 0.25) is 0 Å². The second-order valence-corrected chi connectivity index (χ2v) is 9.66. The molecule has 2 aromatic heterocycles. The number of rotatable bonds is 4. The third kappa shape index (κ3) is 4.69. The van der Waals surface area contributed by atoms with E-state index in [1.165, 1.54) is 23.2 Å². The Bertz CT molecular complexity index is 1380. The van der Waals surface area contributed by atoms with Gasteiger partial charge in [0.1, 0.15) is 11.9 Å². The van der Waals surface area contributed by atoms with E-state index < -0.39 is 17.8 Å². The fourth-order valence-corrected chi connectivity index (χ4v) is 5.18. The van der Waals surface area contributed by atoms with Gasteiger partial charge in [0.25, 0.3) is 0 Å². The van der Waals surface area contributed by atoms with Gasteiger partial charge in [-0.15, -0.1) is 0 Å². The van der Waals surface area contributed by atoms with Crippen LogP contribution in [0.15, 0.2) is 42.6 Å². The van der Waals surface area contributed by atoms with Crippen molar-refractivity contribution in [2.45, 2.75) is 31.2 Å². The average Bonchev–Trinajstić information content (AvgIpc) is 3.55. The van der Waals surface area contributed by atoms with Crippen LogP contribution in [0.1, 0.15) is 18.4 Å². The lowest BCUT2D eigenvalue weighted by Gasteiger charge is -2.36. The van der Waals surface area contributed by atoms with Crippen LogP contribution in [-0.2, 0) is 10.9 Å². The molecule has 0 saturated carbocycles. The number of urea groups is 1. The van der Waals surface area contributed by atoms with Crippen LogP contribution in [-0.4, -0.2) is 59.4 Å². The molecule has 5 heterocycles. The van der Waals surface area contributed by atoms with Gasteiger partial charge in [-0.1, -0.05) is 23.7 Å². The summed E-state index contributed by atoms with van der Waals surface area (Å²) in [6.45, 7) is 2.33. The Labute approximate surface area is 220 Å². The predicted octanol–water partition coefficient (Wildman–Crippen LogP) is 5.01. The smallest absolute Gasteiger partial charge is 0.416 e. The van der Waals surface area contributed by atoms with Crippen molar-refractivity contribution < 1.29 is 27.4 Å². The number of benzene rings is 1. The number of anilines is 3. The second-order valence-electron chi connectivity index (χ2n) is 9.26. The van der Waals surface area contributed by atoms with Gasteiger partial charge in [0.05, 0.1) is 41.2 Å². The zero-order valence-electron chi connectivity index (χ0n) is 19.9. The number of halogens is 4. The number of hydrogen-bond acceptors (Lipinski definition) is 7. The number of hydrogen-bond donors (Lipinski definition) is 1. The zero-order chi connectivity index (χ0) is 26.4. The normalized spacial score (nSPS) is 20.4. The largest absolute Gasteiger partial charge is 0.458 e. The van der Waals surface area contributed by atoms with Gasteiger partial charge < -0.3 is 14.4 Å². The van der Waals surface area contributed by atoms with Crippen LogP contribution >= 0.6 is 11.6 Å². The topological polar surface area (TPSA) is 92.7 Å². The Morgan fingerprint density at radius 3 is 2.84 bits per heavy atom. The van der Waals surface area contributed by atoms with Gasteiger partial charge in [-0.05, 0) is 30.7 Å². The Hall–Kier alpha value is -3.64. The van der Waals surface area contributed by atoms with Gasteiger partial charge >= 0.3 is 18.2 Å². The van der Waals surface area contributed by atoms with Crippen LogP contribution in [0.4, 0.5) is 35.3 Å². The molecule has 2 fully saturated rings. The van der Waals surface area contributed by atoms with Crippen LogP contribution < -0.4 is 19.9 Å². The summed E-state index contributed by atoms with van der Waals surface area (Å²) in [7, 11) is 0. The summed E-state index contributed by atoms with van der Waals surface area (Å²) in [6, 6.07) is 7.47. The first-order valence-corrected chi connectivity index (χ1v) is 12.4. The standard InChI is InChI=1S/C25H22ClF3N6O3/c26-18-11-19-22(33-21(18)14-2-1-3-15(10-14)25(27,28)29)35(16-5-8-34(19)12-16)24(36)32-20-4-7-30-23(31-20)38-17-6-9-37-13-17/h1-4,7,10-11,16-17H,5-6,8-9,12-13H2,(H,30,31,32,36)/t16-,17?/m0/s1. The lowest BCUT2D eigenvalue weighted by atomic mass is 10.1. The summed E-state index contributed by atoms with van der Waals surface area (Å²) < 4.78 is 51.1. The van der Waals surface area contributed by atoms with E-state index in [0.717, 1.165) is 18.6 Å². The molecule has 9 nitrogen and oxygen atoms in total. The van der Waals surface area contributed by atoms with Crippen molar-refractivity contribution in [3.63, 3.8) is 0 Å². The van der Waals surface area contributed by atoms with Crippen molar-refractivity contribution in [2.24, 2.45) is 0 Å². The maximum absolute atomic E-state index is 13.5. The highest BCUT2D eigenvalue weighted by Gasteiger charge is 2.41. The minimum Gasteiger partial charge on any atom is -0.458 e. The molecule has 0 radical (unpaired) electrons. The Morgan fingerprint density at radius 1 is 1.18 bits per heavy atom. The predicted molar refractivity (Wildman–Crippen MR) is 134 cm³/mol. The SMILES string of the molecule is O=C(Nc1ccnc(OC2CCOC2)n1)N1c2nc(-c3cccc(C(F)(F)F)c3)c(Cl)cc2N2CC[C@H]1C2. The summed E-state index contributed by atoms with van der Waals surface area (Å²) in [4.78, 5) is 30.2. The first-order chi connectivity index (χ1) is 18.3. The van der Waals surface area contributed by atoms with Crippen LogP contribution in [0, 0.1) is 0 Å². The molecule has 13 heteroatoms. The number of aromatic nitrogens is 3. The summed E-state index contributed by atoms with van der Waals surface area (Å²) in [6.07, 6.45) is -1.76. The number of nitrogens with one attached hydrogen (secondary N) is 1. The van der Waals surface area contributed by atoms with E-state index in [4.69, 9.17) is 21.1 Å². The molecule has 0 aliphatic carbocycles. The van der Waals surface area contributed by atoms with E-state index in [1.807, 2.05) is 0 Å². The number of carbonyl (C=O) groups is 1. The van der Waals surface area contributed by atoms with Crippen molar-refractivity contribution in [3.8, 4) is 17.3 Å². The minimum absolute atomic E-state index is 0.126. The Kier molecular flexibility index (Phi) is 6.23. The maximum atomic E-state index is 13.5. The third-order valence-corrected chi connectivity index (χ3v) is 7.03. The van der Waals surface area contributed by atoms with Crippen molar-refractivity contribution in [1.29, 1.82) is 0 Å². The molecule has 6 rings (SSSR count). The summed E-state index contributed by atoms with van der Waals surface area (Å²) >= 11 is 6.51. The highest BCUT2D eigenvalue weighted by atomic mass is 35.5. The first kappa shape index (κ1) is 24.7. The van der Waals surface area contributed by atoms with Crippen molar-refractivity contribution in [1.82, 2.24) is 15.0 Å². The van der Waals surface area contributed by atoms with E-state index in [2.05, 4.69) is 25.2 Å². The van der Waals surface area contributed by atoms with Gasteiger partial charge in [-0.2, -0.15) is 18.2 Å². The lowest BCUT2D eigenvalue weighted by Crippen LogP contribution is -2.48. The number of ether oxygens (including phenoxy) is 2. The number of alkyl halides is 3. The Balaban J connectivity index is 1.32. The van der Waals surface area contributed by atoms with E-state index in [0.29, 0.717) is 44.2 Å². The summed E-state index contributed by atoms with van der Waals surface area (Å²) in [5.74, 6) is 0.564. The van der Waals surface area contributed by atoms with Gasteiger partial charge in [0, 0.05) is 31.3 Å². The second kappa shape index (κ2) is 9.59. The van der Waals surface area contributed by atoms with Crippen molar-refractivity contribution in [3.05, 3.63) is 53.2 Å². The molecule has 2 bridgehead atoms. The van der Waals surface area contributed by atoms with Gasteiger partial charge in [-0.25, -0.2) is 14.8 Å². The van der Waals surface area contributed by atoms with E-state index in [9.17, 15) is 18.0 Å². The summed E-state index contributed by atoms with van der Waals surface area (Å²) in [5, 5.41) is 2.98. The molecular weight excluding hydrogens is 525 g/mol. The molecule has 38 heavy (non-hydrogen) atoms. The van der Waals surface area contributed by atoms with Gasteiger partial charge in [-0.3, -0.25) is 10.2 Å². The highest BCUT2D eigenvalue weighted by Crippen LogP contribution is 2.43. The van der Waals surface area contributed by atoms with Crippen LogP contribution in [0.3, 0.4) is 0 Å². The fourth-order valence-electron chi connectivity index (χ4n) is 4.92. The zero-order valence-corrected chi connectivity index (χ0v) is 20.7. The molecule has 2 saturated heterocycles. The van der Waals surface area contributed by atoms with Gasteiger partial charge in [0.15, 0.2) is 5.82 Å². The van der Waals surface area contributed by atoms with E-state index >= 15 is 0 Å². The summed E-state index contributed by atoms with van der Waals surface area (Å²) in [5.41, 5.74) is 0.195. The molecule has 3 aliphatic heterocycles. The molecule has 1 N–H and O–H groups in total. The number of pyridine rings is 1. The number of carbonyl (C=O) groups excluding carboxylic acids is 1. The fraction of sp³-hybridized carbons (Fsp3) is 0.360. The number of amides is 2. The van der Waals surface area contributed by atoms with Crippen molar-refractivity contribution >= 4 is 35.0 Å². The number of nitrogens with zero attached hydrogens (tertiary/aromatic N) is 5. The quantitative estimate of drug-likeness (QED) is 0.492. The van der Waals surface area contributed by atoms with Crippen LogP contribution in [0.2, 0.25) is 5.02 Å². The molecule has 1 unspecified atom stereocenters. The third-order valence-electron chi connectivity index (χ3n) is 6.74. The Morgan fingerprint density at radius 2 is 2.05 bits per heavy atom. The molecular formula is C25H22ClF3N6O3. The highest BCUT2D eigenvalue weighted by molar-refractivity contribution is 6.33. The molecule has 3 aliphatic rings. The molecule has 2 amide bonds. The first-order valence-electron chi connectivity index (χ1n) is 12.1. The van der Waals surface area contributed by atoms with Crippen LogP contribution in [0.25, 0.3) is 11.3 Å². The van der Waals surface area contributed by atoms with Crippen LogP contribution in [0.5, 0.6) is 6.01 Å². The lowest BCUT2D eigenvalue weighted by molar-refractivity contribution is -0.137. The molecule has 3 aromatic rings. The molecule has 0 spiro atoms. The maximum Gasteiger partial charge on any atom is 0.416 e. The monoisotopic (exact) mass is 546 g/mol. The molecule has 198 valence electrons. The minimum atomic E-state index is -4.52. The van der Waals surface area contributed by atoms with E-state index in [1.54, 1.807) is 12.1 Å². The van der Waals surface area contributed by atoms with E-state index in [-0.39, 0.29) is 40.3 Å². The average molecular weight is 547 g/mol. The molecule has 2 atom stereocenters.